The summed E-state index contributed by atoms with van der Waals surface area (Å²) in [5.74, 6) is -0.255. The van der Waals surface area contributed by atoms with Gasteiger partial charge in [-0.15, -0.1) is 0 Å². The zero-order chi connectivity index (χ0) is 15.4. The number of amides is 1. The summed E-state index contributed by atoms with van der Waals surface area (Å²) in [5.41, 5.74) is 1.15. The molecule has 110 valence electrons. The fourth-order valence-corrected chi connectivity index (χ4v) is 2.17. The molecule has 1 aromatic heterocycles. The lowest BCUT2D eigenvalue weighted by Crippen LogP contribution is -2.29. The molecule has 5 heteroatoms. The van der Waals surface area contributed by atoms with Crippen molar-refractivity contribution in [2.24, 2.45) is 7.05 Å². The Morgan fingerprint density at radius 1 is 1.29 bits per heavy atom. The van der Waals surface area contributed by atoms with E-state index in [0.29, 0.717) is 10.6 Å². The number of halogens is 1. The average Bonchev–Trinajstić information content (AvgIpc) is 2.48. The first-order valence-electron chi connectivity index (χ1n) is 6.74. The molecule has 1 heterocycles. The maximum absolute atomic E-state index is 12.2. The zero-order valence-electron chi connectivity index (χ0n) is 12.0. The first-order chi connectivity index (χ1) is 10.0. The number of benzene rings is 1. The predicted octanol–water partition coefficient (Wildman–Crippen LogP) is 2.92. The summed E-state index contributed by atoms with van der Waals surface area (Å²) in [6.45, 7) is 1.99. The van der Waals surface area contributed by atoms with Crippen molar-refractivity contribution in [1.29, 1.82) is 0 Å². The molecule has 1 atom stereocenters. The highest BCUT2D eigenvalue weighted by atomic mass is 35.5. The number of nitrogens with one attached hydrogen (secondary N) is 1. The summed E-state index contributed by atoms with van der Waals surface area (Å²) >= 11 is 5.87. The number of hydrogen-bond donors (Lipinski definition) is 1. The van der Waals surface area contributed by atoms with Crippen LogP contribution in [0.15, 0.2) is 47.4 Å². The highest BCUT2D eigenvalue weighted by molar-refractivity contribution is 6.30. The quantitative estimate of drug-likeness (QED) is 0.944. The number of pyridine rings is 1. The van der Waals surface area contributed by atoms with Gasteiger partial charge in [-0.2, -0.15) is 0 Å². The largest absolute Gasteiger partial charge is 0.345 e. The maximum Gasteiger partial charge on any atom is 0.252 e. The Morgan fingerprint density at radius 3 is 2.52 bits per heavy atom. The van der Waals surface area contributed by atoms with Crippen molar-refractivity contribution in [3.63, 3.8) is 0 Å². The number of hydrogen-bond acceptors (Lipinski definition) is 2. The van der Waals surface area contributed by atoms with Gasteiger partial charge in [0.15, 0.2) is 0 Å². The smallest absolute Gasteiger partial charge is 0.252 e. The third kappa shape index (κ3) is 3.73. The maximum atomic E-state index is 12.2. The third-order valence-electron chi connectivity index (χ3n) is 3.35. The molecule has 0 saturated carbocycles. The van der Waals surface area contributed by atoms with Crippen LogP contribution in [0.4, 0.5) is 0 Å². The van der Waals surface area contributed by atoms with Gasteiger partial charge in [0.1, 0.15) is 0 Å². The van der Waals surface area contributed by atoms with Gasteiger partial charge in [0.25, 0.3) is 11.5 Å². The van der Waals surface area contributed by atoms with Gasteiger partial charge >= 0.3 is 0 Å². The van der Waals surface area contributed by atoms with Crippen LogP contribution in [0.2, 0.25) is 5.02 Å². The normalized spacial score (nSPS) is 12.0. The molecule has 1 amide bonds. The van der Waals surface area contributed by atoms with Gasteiger partial charge in [-0.1, -0.05) is 30.7 Å². The van der Waals surface area contributed by atoms with Gasteiger partial charge in [0.05, 0.1) is 6.04 Å². The second kappa shape index (κ2) is 6.59. The fourth-order valence-electron chi connectivity index (χ4n) is 2.05. The van der Waals surface area contributed by atoms with E-state index in [2.05, 4.69) is 5.32 Å². The van der Waals surface area contributed by atoms with Crippen LogP contribution in [0, 0.1) is 0 Å². The van der Waals surface area contributed by atoms with Gasteiger partial charge in [-0.05, 0) is 30.2 Å². The molecule has 0 aliphatic heterocycles. The Bertz CT molecular complexity index is 692. The minimum Gasteiger partial charge on any atom is -0.345 e. The Hall–Kier alpha value is -2.07. The lowest BCUT2D eigenvalue weighted by atomic mass is 10.0. The number of aryl methyl sites for hydroxylation is 1. The van der Waals surface area contributed by atoms with Crippen LogP contribution in [0.25, 0.3) is 0 Å². The molecule has 0 bridgehead atoms. The van der Waals surface area contributed by atoms with Crippen LogP contribution < -0.4 is 10.9 Å². The molecule has 1 unspecified atom stereocenters. The zero-order valence-corrected chi connectivity index (χ0v) is 12.7. The van der Waals surface area contributed by atoms with Gasteiger partial charge in [0.2, 0.25) is 0 Å². The Kier molecular flexibility index (Phi) is 4.81. The predicted molar refractivity (Wildman–Crippen MR) is 83.6 cm³/mol. The Balaban J connectivity index is 2.17. The number of carbonyl (C=O) groups is 1. The topological polar surface area (TPSA) is 51.1 Å². The van der Waals surface area contributed by atoms with E-state index < -0.39 is 0 Å². The van der Waals surface area contributed by atoms with Crippen LogP contribution in [-0.4, -0.2) is 10.5 Å². The number of carbonyl (C=O) groups excluding carboxylic acids is 1. The van der Waals surface area contributed by atoms with Gasteiger partial charge in [-0.25, -0.2) is 0 Å². The van der Waals surface area contributed by atoms with Crippen LogP contribution >= 0.6 is 11.6 Å². The first-order valence-corrected chi connectivity index (χ1v) is 7.12. The summed E-state index contributed by atoms with van der Waals surface area (Å²) < 4.78 is 1.42. The van der Waals surface area contributed by atoms with E-state index in [1.54, 1.807) is 31.4 Å². The molecule has 2 rings (SSSR count). The van der Waals surface area contributed by atoms with Crippen molar-refractivity contribution >= 4 is 17.5 Å². The standard InChI is InChI=1S/C16H17ClN2O2/c1-3-14(11-4-6-13(17)7-5-11)18-16(21)12-8-9-19(2)15(20)10-12/h4-10,14H,3H2,1-2H3,(H,18,21). The molecule has 0 fully saturated rings. The van der Waals surface area contributed by atoms with Crippen molar-refractivity contribution in [3.05, 3.63) is 69.1 Å². The van der Waals surface area contributed by atoms with Crippen LogP contribution in [0.1, 0.15) is 35.3 Å². The van der Waals surface area contributed by atoms with E-state index in [0.717, 1.165) is 12.0 Å². The van der Waals surface area contributed by atoms with E-state index in [9.17, 15) is 9.59 Å². The van der Waals surface area contributed by atoms with Crippen LogP contribution in [-0.2, 0) is 7.05 Å². The molecule has 0 aliphatic rings. The summed E-state index contributed by atoms with van der Waals surface area (Å²) in [6.07, 6.45) is 2.33. The van der Waals surface area contributed by atoms with E-state index in [4.69, 9.17) is 11.6 Å². The number of rotatable bonds is 4. The SMILES string of the molecule is CCC(NC(=O)c1ccn(C)c(=O)c1)c1ccc(Cl)cc1. The molecule has 21 heavy (non-hydrogen) atoms. The van der Waals surface area contributed by atoms with Crippen molar-refractivity contribution in [1.82, 2.24) is 9.88 Å². The number of aromatic nitrogens is 1. The fraction of sp³-hybridized carbons (Fsp3) is 0.250. The molecule has 0 aliphatic carbocycles. The lowest BCUT2D eigenvalue weighted by Gasteiger charge is -2.17. The van der Waals surface area contributed by atoms with Gasteiger partial charge in [0, 0.05) is 29.9 Å². The van der Waals surface area contributed by atoms with Crippen molar-refractivity contribution in [3.8, 4) is 0 Å². The lowest BCUT2D eigenvalue weighted by molar-refractivity contribution is 0.0935. The average molecular weight is 305 g/mol. The van der Waals surface area contributed by atoms with E-state index in [1.807, 2.05) is 19.1 Å². The number of nitrogens with zero attached hydrogens (tertiary/aromatic N) is 1. The second-order valence-corrected chi connectivity index (χ2v) is 5.29. The van der Waals surface area contributed by atoms with Crippen molar-refractivity contribution in [2.75, 3.05) is 0 Å². The van der Waals surface area contributed by atoms with E-state index in [-0.39, 0.29) is 17.5 Å². The summed E-state index contributed by atoms with van der Waals surface area (Å²) in [7, 11) is 1.65. The first kappa shape index (κ1) is 15.3. The van der Waals surface area contributed by atoms with Crippen LogP contribution in [0.3, 0.4) is 0 Å². The molecule has 0 spiro atoms. The monoisotopic (exact) mass is 304 g/mol. The van der Waals surface area contributed by atoms with Crippen molar-refractivity contribution < 1.29 is 4.79 Å². The van der Waals surface area contributed by atoms with E-state index >= 15 is 0 Å². The third-order valence-corrected chi connectivity index (χ3v) is 3.60. The molecule has 2 aromatic rings. The molecular weight excluding hydrogens is 288 g/mol. The molecule has 4 nitrogen and oxygen atoms in total. The van der Waals surface area contributed by atoms with Crippen molar-refractivity contribution in [2.45, 2.75) is 19.4 Å². The van der Waals surface area contributed by atoms with Gasteiger partial charge < -0.3 is 9.88 Å². The van der Waals surface area contributed by atoms with Crippen LogP contribution in [0.5, 0.6) is 0 Å². The summed E-state index contributed by atoms with van der Waals surface area (Å²) in [4.78, 5) is 23.8. The Morgan fingerprint density at radius 2 is 1.95 bits per heavy atom. The second-order valence-electron chi connectivity index (χ2n) is 4.85. The summed E-state index contributed by atoms with van der Waals surface area (Å²) in [5, 5.41) is 3.59. The minimum atomic E-state index is -0.255. The summed E-state index contributed by atoms with van der Waals surface area (Å²) in [6, 6.07) is 10.2. The molecule has 0 saturated heterocycles. The highest BCUT2D eigenvalue weighted by Crippen LogP contribution is 2.19. The highest BCUT2D eigenvalue weighted by Gasteiger charge is 2.14. The molecule has 1 aromatic carbocycles. The molecular formula is C16H17ClN2O2. The van der Waals surface area contributed by atoms with E-state index in [1.165, 1.54) is 10.6 Å². The van der Waals surface area contributed by atoms with Gasteiger partial charge in [-0.3, -0.25) is 9.59 Å². The Labute approximate surface area is 128 Å². The molecule has 0 radical (unpaired) electrons. The minimum absolute atomic E-state index is 0.112. The molecule has 1 N–H and O–H groups in total.